The van der Waals surface area contributed by atoms with Gasteiger partial charge in [-0.15, -0.1) is 0 Å². The lowest BCUT2D eigenvalue weighted by atomic mass is 10.2. The van der Waals surface area contributed by atoms with Crippen molar-refractivity contribution >= 4 is 12.0 Å². The highest BCUT2D eigenvalue weighted by atomic mass is 16.5. The minimum atomic E-state index is -0.867. The van der Waals surface area contributed by atoms with Crippen LogP contribution in [0.2, 0.25) is 0 Å². The maximum Gasteiger partial charge on any atom is 0.320 e. The Morgan fingerprint density at radius 2 is 1.95 bits per heavy atom. The fourth-order valence-electron chi connectivity index (χ4n) is 2.72. The summed E-state index contributed by atoms with van der Waals surface area (Å²) in [5.41, 5.74) is 0. The molecule has 1 N–H and O–H groups in total. The van der Waals surface area contributed by atoms with Crippen LogP contribution < -0.4 is 0 Å². The number of likely N-dealkylation sites (tertiary alicyclic amines) is 1. The molecule has 2 aliphatic rings. The van der Waals surface area contributed by atoms with Gasteiger partial charge in [0.1, 0.15) is 0 Å². The lowest BCUT2D eigenvalue weighted by molar-refractivity contribution is -0.141. The predicted molar refractivity (Wildman–Crippen MR) is 68.9 cm³/mol. The van der Waals surface area contributed by atoms with Crippen LogP contribution in [0.5, 0.6) is 0 Å². The maximum atomic E-state index is 12.4. The second-order valence-corrected chi connectivity index (χ2v) is 5.42. The SMILES string of the molecule is CCN(CC(C)C(=O)O)C(=O)N1CC2CCC(C1)O2. The van der Waals surface area contributed by atoms with Crippen LogP contribution in [0.3, 0.4) is 0 Å². The normalized spacial score (nSPS) is 27.2. The van der Waals surface area contributed by atoms with Crippen LogP contribution in [-0.2, 0) is 9.53 Å². The molecule has 2 aliphatic heterocycles. The molecule has 2 amide bonds. The van der Waals surface area contributed by atoms with Crippen molar-refractivity contribution in [2.45, 2.75) is 38.9 Å². The Bertz CT molecular complexity index is 349. The van der Waals surface area contributed by atoms with Gasteiger partial charge in [0.25, 0.3) is 0 Å². The number of rotatable bonds is 4. The Hall–Kier alpha value is -1.30. The summed E-state index contributed by atoms with van der Waals surface area (Å²) in [6, 6.07) is -0.0594. The topological polar surface area (TPSA) is 70.1 Å². The molecule has 0 aromatic heterocycles. The number of hydrogen-bond donors (Lipinski definition) is 1. The quantitative estimate of drug-likeness (QED) is 0.827. The van der Waals surface area contributed by atoms with Gasteiger partial charge in [0.2, 0.25) is 0 Å². The van der Waals surface area contributed by atoms with E-state index < -0.39 is 11.9 Å². The maximum absolute atomic E-state index is 12.4. The molecule has 2 rings (SSSR count). The van der Waals surface area contributed by atoms with Gasteiger partial charge in [0.05, 0.1) is 18.1 Å². The zero-order valence-electron chi connectivity index (χ0n) is 11.5. The van der Waals surface area contributed by atoms with Crippen molar-refractivity contribution in [3.8, 4) is 0 Å². The monoisotopic (exact) mass is 270 g/mol. The van der Waals surface area contributed by atoms with E-state index in [1.807, 2.05) is 11.8 Å². The molecule has 3 unspecified atom stereocenters. The highest BCUT2D eigenvalue weighted by Gasteiger charge is 2.37. The highest BCUT2D eigenvalue weighted by molar-refractivity contribution is 5.76. The molecule has 2 fully saturated rings. The lowest BCUT2D eigenvalue weighted by Gasteiger charge is -2.36. The number of urea groups is 1. The average Bonchev–Trinajstić information content (AvgIpc) is 2.73. The van der Waals surface area contributed by atoms with Crippen LogP contribution in [0.15, 0.2) is 0 Å². The Morgan fingerprint density at radius 1 is 1.37 bits per heavy atom. The van der Waals surface area contributed by atoms with Gasteiger partial charge in [-0.1, -0.05) is 6.92 Å². The van der Waals surface area contributed by atoms with E-state index in [9.17, 15) is 9.59 Å². The summed E-state index contributed by atoms with van der Waals surface area (Å²) in [7, 11) is 0. The van der Waals surface area contributed by atoms with Crippen LogP contribution in [0.4, 0.5) is 4.79 Å². The zero-order chi connectivity index (χ0) is 14.0. The lowest BCUT2D eigenvalue weighted by Crippen LogP contribution is -2.52. The Labute approximate surface area is 113 Å². The number of hydrogen-bond acceptors (Lipinski definition) is 3. The van der Waals surface area contributed by atoms with Gasteiger partial charge < -0.3 is 19.6 Å². The molecule has 19 heavy (non-hydrogen) atoms. The summed E-state index contributed by atoms with van der Waals surface area (Å²) in [5, 5.41) is 8.94. The molecule has 108 valence electrons. The van der Waals surface area contributed by atoms with Gasteiger partial charge >= 0.3 is 12.0 Å². The average molecular weight is 270 g/mol. The minimum Gasteiger partial charge on any atom is -0.481 e. The van der Waals surface area contributed by atoms with Crippen molar-refractivity contribution < 1.29 is 19.4 Å². The molecule has 0 aromatic carbocycles. The van der Waals surface area contributed by atoms with Crippen LogP contribution in [0.25, 0.3) is 0 Å². The van der Waals surface area contributed by atoms with E-state index in [-0.39, 0.29) is 24.8 Å². The molecule has 0 saturated carbocycles. The third-order valence-electron chi connectivity index (χ3n) is 3.88. The van der Waals surface area contributed by atoms with Crippen molar-refractivity contribution in [2.24, 2.45) is 5.92 Å². The standard InChI is InChI=1S/C13H22N2O4/c1-3-14(6-9(2)12(16)17)13(18)15-7-10-4-5-11(8-15)19-10/h9-11H,3-8H2,1-2H3,(H,16,17). The van der Waals surface area contributed by atoms with Gasteiger partial charge in [-0.05, 0) is 19.8 Å². The fourth-order valence-corrected chi connectivity index (χ4v) is 2.72. The molecule has 2 heterocycles. The fraction of sp³-hybridized carbons (Fsp3) is 0.846. The number of carboxylic acids is 1. The first kappa shape index (κ1) is 14.1. The summed E-state index contributed by atoms with van der Waals surface area (Å²) in [6.07, 6.45) is 2.37. The van der Waals surface area contributed by atoms with Crippen molar-refractivity contribution in [3.05, 3.63) is 0 Å². The summed E-state index contributed by atoms with van der Waals surface area (Å²) in [5.74, 6) is -1.41. The first-order valence-corrected chi connectivity index (χ1v) is 6.93. The predicted octanol–water partition coefficient (Wildman–Crippen LogP) is 1.01. The van der Waals surface area contributed by atoms with Gasteiger partial charge in [-0.3, -0.25) is 4.79 Å². The molecule has 6 heteroatoms. The van der Waals surface area contributed by atoms with Gasteiger partial charge in [0, 0.05) is 26.2 Å². The third-order valence-corrected chi connectivity index (χ3v) is 3.88. The summed E-state index contributed by atoms with van der Waals surface area (Å²) < 4.78 is 5.70. The number of carboxylic acid groups (broad SMARTS) is 1. The van der Waals surface area contributed by atoms with E-state index >= 15 is 0 Å². The third kappa shape index (κ3) is 3.18. The van der Waals surface area contributed by atoms with Crippen molar-refractivity contribution in [1.82, 2.24) is 9.80 Å². The molecule has 0 aliphatic carbocycles. The molecule has 3 atom stereocenters. The van der Waals surface area contributed by atoms with E-state index in [2.05, 4.69) is 0 Å². The molecule has 6 nitrogen and oxygen atoms in total. The molecular formula is C13H22N2O4. The Morgan fingerprint density at radius 3 is 2.42 bits per heavy atom. The first-order valence-electron chi connectivity index (χ1n) is 6.93. The summed E-state index contributed by atoms with van der Waals surface area (Å²) >= 11 is 0. The van der Waals surface area contributed by atoms with Gasteiger partial charge in [-0.2, -0.15) is 0 Å². The van der Waals surface area contributed by atoms with Crippen molar-refractivity contribution in [3.63, 3.8) is 0 Å². The highest BCUT2D eigenvalue weighted by Crippen LogP contribution is 2.26. The number of aliphatic carboxylic acids is 1. The molecule has 0 aromatic rings. The molecular weight excluding hydrogens is 248 g/mol. The summed E-state index contributed by atoms with van der Waals surface area (Å²) in [4.78, 5) is 26.7. The molecule has 0 spiro atoms. The van der Waals surface area contributed by atoms with Crippen LogP contribution in [0, 0.1) is 5.92 Å². The second kappa shape index (κ2) is 5.77. The van der Waals surface area contributed by atoms with E-state index in [4.69, 9.17) is 9.84 Å². The number of nitrogens with zero attached hydrogens (tertiary/aromatic N) is 2. The van der Waals surface area contributed by atoms with E-state index in [0.29, 0.717) is 19.6 Å². The van der Waals surface area contributed by atoms with E-state index in [0.717, 1.165) is 12.8 Å². The van der Waals surface area contributed by atoms with Crippen molar-refractivity contribution in [2.75, 3.05) is 26.2 Å². The van der Waals surface area contributed by atoms with E-state index in [1.54, 1.807) is 11.8 Å². The number of amides is 2. The Kier molecular flexibility index (Phi) is 4.29. The number of fused-ring (bicyclic) bond motifs is 2. The van der Waals surface area contributed by atoms with E-state index in [1.165, 1.54) is 0 Å². The second-order valence-electron chi connectivity index (χ2n) is 5.42. The molecule has 2 saturated heterocycles. The molecule has 2 bridgehead atoms. The molecule has 0 radical (unpaired) electrons. The number of morpholine rings is 1. The van der Waals surface area contributed by atoms with Gasteiger partial charge in [-0.25, -0.2) is 4.79 Å². The largest absolute Gasteiger partial charge is 0.481 e. The number of carbonyl (C=O) groups is 2. The Balaban J connectivity index is 1.94. The number of ether oxygens (including phenoxy) is 1. The van der Waals surface area contributed by atoms with Gasteiger partial charge in [0.15, 0.2) is 0 Å². The van der Waals surface area contributed by atoms with Crippen molar-refractivity contribution in [1.29, 1.82) is 0 Å². The summed E-state index contributed by atoms with van der Waals surface area (Å²) in [6.45, 7) is 5.56. The number of carbonyl (C=O) groups excluding carboxylic acids is 1. The minimum absolute atomic E-state index is 0.0594. The van der Waals surface area contributed by atoms with Crippen LogP contribution in [0.1, 0.15) is 26.7 Å². The smallest absolute Gasteiger partial charge is 0.320 e. The van der Waals surface area contributed by atoms with Crippen LogP contribution in [-0.4, -0.2) is 65.3 Å². The first-order chi connectivity index (χ1) is 9.01. The van der Waals surface area contributed by atoms with Crippen LogP contribution >= 0.6 is 0 Å². The zero-order valence-corrected chi connectivity index (χ0v) is 11.5.